The summed E-state index contributed by atoms with van der Waals surface area (Å²) in [5.74, 6) is -0.380. The lowest BCUT2D eigenvalue weighted by Crippen LogP contribution is -2.06. The lowest BCUT2D eigenvalue weighted by atomic mass is 10.2. The number of rotatable bonds is 2. The maximum Gasteiger partial charge on any atom is 0.338 e. The van der Waals surface area contributed by atoms with Crippen molar-refractivity contribution >= 4 is 17.3 Å². The molecular weight excluding hydrogens is 192 g/mol. The summed E-state index contributed by atoms with van der Waals surface area (Å²) in [4.78, 5) is 11.2. The molecule has 0 atom stereocenters. The van der Waals surface area contributed by atoms with Crippen LogP contribution in [-0.4, -0.2) is 12.6 Å². The maximum absolute atomic E-state index is 11.2. The average molecular weight is 210 g/mol. The third kappa shape index (κ3) is 3.89. The zero-order chi connectivity index (χ0) is 11.8. The van der Waals surface area contributed by atoms with Gasteiger partial charge in [0.25, 0.3) is 0 Å². The number of hydrogen-bond acceptors (Lipinski definition) is 4. The number of nitrogen functional groups attached to an aromatic ring is 2. The van der Waals surface area contributed by atoms with Crippen molar-refractivity contribution in [3.05, 3.63) is 23.8 Å². The molecule has 0 aliphatic rings. The first-order valence-corrected chi connectivity index (χ1v) is 4.97. The van der Waals surface area contributed by atoms with Gasteiger partial charge in [-0.1, -0.05) is 13.8 Å². The fourth-order valence-electron chi connectivity index (χ4n) is 0.916. The summed E-state index contributed by atoms with van der Waals surface area (Å²) in [6.07, 6.45) is 0. The smallest absolute Gasteiger partial charge is 0.338 e. The molecule has 0 saturated heterocycles. The van der Waals surface area contributed by atoms with Gasteiger partial charge in [0.15, 0.2) is 0 Å². The second-order valence-corrected chi connectivity index (χ2v) is 2.56. The topological polar surface area (TPSA) is 78.3 Å². The summed E-state index contributed by atoms with van der Waals surface area (Å²) < 4.78 is 4.79. The van der Waals surface area contributed by atoms with Crippen molar-refractivity contribution in [1.82, 2.24) is 0 Å². The number of nitrogens with two attached hydrogens (primary N) is 2. The van der Waals surface area contributed by atoms with Gasteiger partial charge in [0.2, 0.25) is 0 Å². The van der Waals surface area contributed by atoms with Crippen LogP contribution in [0.25, 0.3) is 0 Å². The van der Waals surface area contributed by atoms with Crippen LogP contribution in [0.4, 0.5) is 11.4 Å². The zero-order valence-corrected chi connectivity index (χ0v) is 9.41. The summed E-state index contributed by atoms with van der Waals surface area (Å²) in [5, 5.41) is 0. The van der Waals surface area contributed by atoms with Crippen LogP contribution in [-0.2, 0) is 4.74 Å². The van der Waals surface area contributed by atoms with Crippen molar-refractivity contribution < 1.29 is 9.53 Å². The standard InChI is InChI=1S/C9H12N2O2.C2H6/c1-2-13-9(12)6-3-4-7(10)8(11)5-6;1-2/h3-5H,2,10-11H2,1H3;1-2H3. The Kier molecular flexibility index (Phi) is 5.94. The van der Waals surface area contributed by atoms with Gasteiger partial charge in [0.1, 0.15) is 0 Å². The van der Waals surface area contributed by atoms with E-state index in [-0.39, 0.29) is 5.97 Å². The van der Waals surface area contributed by atoms with Gasteiger partial charge in [0, 0.05) is 0 Å². The monoisotopic (exact) mass is 210 g/mol. The van der Waals surface area contributed by atoms with Gasteiger partial charge in [-0.15, -0.1) is 0 Å². The molecule has 1 aromatic carbocycles. The largest absolute Gasteiger partial charge is 0.462 e. The molecule has 0 bridgehead atoms. The molecule has 15 heavy (non-hydrogen) atoms. The lowest BCUT2D eigenvalue weighted by Gasteiger charge is -2.03. The molecule has 4 nitrogen and oxygen atoms in total. The van der Waals surface area contributed by atoms with E-state index in [0.717, 1.165) is 0 Å². The molecule has 0 spiro atoms. The van der Waals surface area contributed by atoms with Gasteiger partial charge in [-0.3, -0.25) is 0 Å². The van der Waals surface area contributed by atoms with Crippen molar-refractivity contribution in [2.45, 2.75) is 20.8 Å². The molecule has 0 radical (unpaired) electrons. The molecule has 84 valence electrons. The molecule has 0 fully saturated rings. The Labute approximate surface area is 90.2 Å². The van der Waals surface area contributed by atoms with E-state index in [1.165, 1.54) is 6.07 Å². The highest BCUT2D eigenvalue weighted by atomic mass is 16.5. The minimum absolute atomic E-state index is 0.350. The van der Waals surface area contributed by atoms with Crippen LogP contribution in [0.15, 0.2) is 18.2 Å². The number of ether oxygens (including phenoxy) is 1. The third-order valence-corrected chi connectivity index (χ3v) is 1.60. The molecule has 0 unspecified atom stereocenters. The summed E-state index contributed by atoms with van der Waals surface area (Å²) in [7, 11) is 0. The van der Waals surface area contributed by atoms with Gasteiger partial charge in [0.05, 0.1) is 23.5 Å². The normalized spacial score (nSPS) is 8.73. The second kappa shape index (κ2) is 6.70. The first kappa shape index (κ1) is 13.3. The summed E-state index contributed by atoms with van der Waals surface area (Å²) in [5.41, 5.74) is 12.3. The van der Waals surface area contributed by atoms with Crippen LogP contribution in [0, 0.1) is 0 Å². The molecule has 4 N–H and O–H groups in total. The minimum Gasteiger partial charge on any atom is -0.462 e. The van der Waals surface area contributed by atoms with E-state index in [0.29, 0.717) is 23.5 Å². The van der Waals surface area contributed by atoms with Crippen LogP contribution in [0.1, 0.15) is 31.1 Å². The van der Waals surface area contributed by atoms with Gasteiger partial charge < -0.3 is 16.2 Å². The molecular formula is C11H18N2O2. The predicted molar refractivity (Wildman–Crippen MR) is 62.6 cm³/mol. The second-order valence-electron chi connectivity index (χ2n) is 2.56. The SMILES string of the molecule is CC.CCOC(=O)c1ccc(N)c(N)c1. The Morgan fingerprint density at radius 1 is 1.27 bits per heavy atom. The van der Waals surface area contributed by atoms with Crippen molar-refractivity contribution in [2.75, 3.05) is 18.1 Å². The van der Waals surface area contributed by atoms with E-state index in [9.17, 15) is 4.79 Å². The van der Waals surface area contributed by atoms with E-state index in [1.807, 2.05) is 13.8 Å². The van der Waals surface area contributed by atoms with Crippen LogP contribution in [0.3, 0.4) is 0 Å². The zero-order valence-electron chi connectivity index (χ0n) is 9.41. The molecule has 0 aliphatic heterocycles. The first-order valence-electron chi connectivity index (χ1n) is 4.97. The molecule has 0 heterocycles. The van der Waals surface area contributed by atoms with Gasteiger partial charge >= 0.3 is 5.97 Å². The molecule has 0 amide bonds. The summed E-state index contributed by atoms with van der Waals surface area (Å²) in [6, 6.07) is 4.68. The fraction of sp³-hybridized carbons (Fsp3) is 0.364. The Hall–Kier alpha value is -1.71. The van der Waals surface area contributed by atoms with Gasteiger partial charge in [-0.2, -0.15) is 0 Å². The third-order valence-electron chi connectivity index (χ3n) is 1.60. The number of carbonyl (C=O) groups excluding carboxylic acids is 1. The molecule has 0 saturated carbocycles. The Morgan fingerprint density at radius 3 is 2.33 bits per heavy atom. The number of hydrogen-bond donors (Lipinski definition) is 2. The minimum atomic E-state index is -0.380. The van der Waals surface area contributed by atoms with Crippen LogP contribution in [0.5, 0.6) is 0 Å². The van der Waals surface area contributed by atoms with Crippen molar-refractivity contribution in [3.8, 4) is 0 Å². The number of benzene rings is 1. The molecule has 4 heteroatoms. The van der Waals surface area contributed by atoms with Crippen molar-refractivity contribution in [2.24, 2.45) is 0 Å². The first-order chi connectivity index (χ1) is 7.15. The molecule has 0 aromatic heterocycles. The van der Waals surface area contributed by atoms with Crippen LogP contribution >= 0.6 is 0 Å². The Bertz CT molecular complexity index is 324. The number of esters is 1. The average Bonchev–Trinajstić information content (AvgIpc) is 2.25. The fourth-order valence-corrected chi connectivity index (χ4v) is 0.916. The molecule has 0 aliphatic carbocycles. The summed E-state index contributed by atoms with van der Waals surface area (Å²) in [6.45, 7) is 6.10. The van der Waals surface area contributed by atoms with Crippen molar-refractivity contribution in [3.63, 3.8) is 0 Å². The highest BCUT2D eigenvalue weighted by Gasteiger charge is 2.06. The Balaban J connectivity index is 0.000000921. The van der Waals surface area contributed by atoms with Gasteiger partial charge in [-0.25, -0.2) is 4.79 Å². The summed E-state index contributed by atoms with van der Waals surface area (Å²) >= 11 is 0. The van der Waals surface area contributed by atoms with Gasteiger partial charge in [-0.05, 0) is 25.1 Å². The molecule has 1 rings (SSSR count). The van der Waals surface area contributed by atoms with E-state index in [4.69, 9.17) is 16.2 Å². The van der Waals surface area contributed by atoms with Crippen LogP contribution < -0.4 is 11.5 Å². The Morgan fingerprint density at radius 2 is 1.87 bits per heavy atom. The van der Waals surface area contributed by atoms with E-state index >= 15 is 0 Å². The number of anilines is 2. The highest BCUT2D eigenvalue weighted by molar-refractivity contribution is 5.91. The maximum atomic E-state index is 11.2. The molecule has 1 aromatic rings. The van der Waals surface area contributed by atoms with E-state index in [1.54, 1.807) is 19.1 Å². The van der Waals surface area contributed by atoms with E-state index in [2.05, 4.69) is 0 Å². The number of carbonyl (C=O) groups is 1. The lowest BCUT2D eigenvalue weighted by molar-refractivity contribution is 0.0526. The highest BCUT2D eigenvalue weighted by Crippen LogP contribution is 2.16. The van der Waals surface area contributed by atoms with E-state index < -0.39 is 0 Å². The quantitative estimate of drug-likeness (QED) is 0.578. The van der Waals surface area contributed by atoms with Crippen molar-refractivity contribution in [1.29, 1.82) is 0 Å². The van der Waals surface area contributed by atoms with Crippen LogP contribution in [0.2, 0.25) is 0 Å². The predicted octanol–water partition coefficient (Wildman–Crippen LogP) is 2.05.